The van der Waals surface area contributed by atoms with Crippen molar-refractivity contribution < 1.29 is 4.42 Å². The molecule has 3 heterocycles. The van der Waals surface area contributed by atoms with Gasteiger partial charge in [-0.25, -0.2) is 14.6 Å². The summed E-state index contributed by atoms with van der Waals surface area (Å²) in [4.78, 5) is 12.9. The third kappa shape index (κ3) is 2.07. The first kappa shape index (κ1) is 14.4. The molecule has 4 aromatic rings. The molecule has 0 atom stereocenters. The van der Waals surface area contributed by atoms with E-state index in [2.05, 4.69) is 34.1 Å². The first-order chi connectivity index (χ1) is 11.6. The number of nitrogens with zero attached hydrogens (tertiary/aromatic N) is 5. The summed E-state index contributed by atoms with van der Waals surface area (Å²) in [7, 11) is 1.77. The highest BCUT2D eigenvalue weighted by molar-refractivity contribution is 5.99. The Morgan fingerprint density at radius 1 is 1.25 bits per heavy atom. The van der Waals surface area contributed by atoms with Crippen LogP contribution >= 0.6 is 0 Å². The van der Waals surface area contributed by atoms with E-state index in [4.69, 9.17) is 15.2 Å². The highest BCUT2D eigenvalue weighted by Gasteiger charge is 2.19. The van der Waals surface area contributed by atoms with Crippen LogP contribution in [0.3, 0.4) is 0 Å². The van der Waals surface area contributed by atoms with Crippen LogP contribution in [0.25, 0.3) is 33.4 Å². The van der Waals surface area contributed by atoms with Gasteiger partial charge in [0.05, 0.1) is 5.39 Å². The van der Waals surface area contributed by atoms with Crippen molar-refractivity contribution in [3.05, 3.63) is 24.5 Å². The monoisotopic (exact) mass is 323 g/mol. The van der Waals surface area contributed by atoms with Crippen LogP contribution < -0.4 is 11.1 Å². The fourth-order valence-corrected chi connectivity index (χ4v) is 2.74. The van der Waals surface area contributed by atoms with Crippen molar-refractivity contribution in [1.29, 1.82) is 0 Å². The Bertz CT molecular complexity index is 1050. The van der Waals surface area contributed by atoms with Crippen molar-refractivity contribution in [1.82, 2.24) is 24.7 Å². The van der Waals surface area contributed by atoms with Gasteiger partial charge in [0.25, 0.3) is 6.01 Å². The third-order valence-corrected chi connectivity index (χ3v) is 3.88. The molecule has 0 radical (unpaired) electrons. The number of benzene rings is 1. The number of nitrogens with two attached hydrogens (primary N) is 1. The summed E-state index contributed by atoms with van der Waals surface area (Å²) >= 11 is 0. The number of hydrogen-bond donors (Lipinski definition) is 2. The normalized spacial score (nSPS) is 11.7. The zero-order valence-electron chi connectivity index (χ0n) is 13.6. The minimum atomic E-state index is 0.155. The van der Waals surface area contributed by atoms with Crippen molar-refractivity contribution >= 4 is 34.0 Å². The van der Waals surface area contributed by atoms with Crippen LogP contribution in [0.2, 0.25) is 0 Å². The van der Waals surface area contributed by atoms with Crippen LogP contribution in [0.4, 0.5) is 11.8 Å². The molecule has 0 unspecified atom stereocenters. The van der Waals surface area contributed by atoms with E-state index in [1.165, 1.54) is 6.33 Å². The number of nitrogen functional groups attached to an aromatic ring is 1. The maximum absolute atomic E-state index is 6.10. The van der Waals surface area contributed by atoms with Crippen molar-refractivity contribution in [2.45, 2.75) is 19.9 Å². The van der Waals surface area contributed by atoms with Gasteiger partial charge in [-0.15, -0.1) is 0 Å². The molecular formula is C16H17N7O. The lowest BCUT2D eigenvalue weighted by atomic mass is 10.1. The first-order valence-electron chi connectivity index (χ1n) is 7.66. The van der Waals surface area contributed by atoms with Gasteiger partial charge in [0.15, 0.2) is 11.2 Å². The minimum absolute atomic E-state index is 0.155. The van der Waals surface area contributed by atoms with Crippen LogP contribution in [0.15, 0.2) is 28.9 Å². The standard InChI is InChI=1S/C16H17N7O/c1-8(2)23-15-12(14(17)19-7-20-15)13(22-23)9-4-5-11-10(6-9)21-16(18-3)24-11/h4-8H,1-3H3,(H,18,21)(H2,17,19,20). The van der Waals surface area contributed by atoms with Crippen LogP contribution in [0, 0.1) is 0 Å². The van der Waals surface area contributed by atoms with E-state index in [0.717, 1.165) is 27.8 Å². The summed E-state index contributed by atoms with van der Waals surface area (Å²) in [6, 6.07) is 6.37. The molecule has 3 N–H and O–H groups in total. The van der Waals surface area contributed by atoms with Gasteiger partial charge in [-0.3, -0.25) is 0 Å². The maximum atomic E-state index is 6.10. The fourth-order valence-electron chi connectivity index (χ4n) is 2.74. The predicted octanol–water partition coefficient (Wildman–Crippen LogP) is 2.84. The first-order valence-corrected chi connectivity index (χ1v) is 7.66. The molecule has 0 bridgehead atoms. The molecule has 0 spiro atoms. The van der Waals surface area contributed by atoms with E-state index >= 15 is 0 Å². The molecule has 8 heteroatoms. The Hall–Kier alpha value is -3.16. The molecule has 3 aromatic heterocycles. The molecular weight excluding hydrogens is 306 g/mol. The zero-order chi connectivity index (χ0) is 16.8. The summed E-state index contributed by atoms with van der Waals surface area (Å²) in [6.07, 6.45) is 1.46. The molecule has 4 rings (SSSR count). The number of aromatic nitrogens is 5. The van der Waals surface area contributed by atoms with Gasteiger partial charge in [-0.1, -0.05) is 0 Å². The molecule has 0 aliphatic carbocycles. The van der Waals surface area contributed by atoms with Crippen LogP contribution in [0.5, 0.6) is 0 Å². The quantitative estimate of drug-likeness (QED) is 0.597. The van der Waals surface area contributed by atoms with E-state index in [-0.39, 0.29) is 6.04 Å². The Kier molecular flexibility index (Phi) is 3.12. The van der Waals surface area contributed by atoms with Crippen molar-refractivity contribution in [2.75, 3.05) is 18.1 Å². The van der Waals surface area contributed by atoms with Gasteiger partial charge in [0.2, 0.25) is 0 Å². The molecule has 0 saturated heterocycles. The number of fused-ring (bicyclic) bond motifs is 2. The van der Waals surface area contributed by atoms with Gasteiger partial charge < -0.3 is 15.5 Å². The lowest BCUT2D eigenvalue weighted by Gasteiger charge is -2.05. The Morgan fingerprint density at radius 3 is 2.83 bits per heavy atom. The number of anilines is 2. The van der Waals surface area contributed by atoms with E-state index in [9.17, 15) is 0 Å². The fraction of sp³-hybridized carbons (Fsp3) is 0.250. The van der Waals surface area contributed by atoms with Crippen LogP contribution in [-0.4, -0.2) is 31.8 Å². The summed E-state index contributed by atoms with van der Waals surface area (Å²) < 4.78 is 7.42. The Labute approximate surface area is 137 Å². The molecule has 0 saturated carbocycles. The zero-order valence-corrected chi connectivity index (χ0v) is 13.6. The minimum Gasteiger partial charge on any atom is -0.424 e. The van der Waals surface area contributed by atoms with Gasteiger partial charge in [0, 0.05) is 18.7 Å². The average Bonchev–Trinajstić information content (AvgIpc) is 3.15. The van der Waals surface area contributed by atoms with E-state index < -0.39 is 0 Å². The smallest absolute Gasteiger partial charge is 0.295 e. The number of rotatable bonds is 3. The topological polar surface area (TPSA) is 108 Å². The van der Waals surface area contributed by atoms with E-state index in [1.807, 2.05) is 22.9 Å². The maximum Gasteiger partial charge on any atom is 0.295 e. The molecule has 0 fully saturated rings. The van der Waals surface area contributed by atoms with Crippen molar-refractivity contribution in [3.8, 4) is 11.3 Å². The van der Waals surface area contributed by atoms with E-state index in [1.54, 1.807) is 7.05 Å². The molecule has 0 amide bonds. The van der Waals surface area contributed by atoms with Crippen LogP contribution in [-0.2, 0) is 0 Å². The average molecular weight is 323 g/mol. The highest BCUT2D eigenvalue weighted by atomic mass is 16.4. The predicted molar refractivity (Wildman–Crippen MR) is 92.7 cm³/mol. The van der Waals surface area contributed by atoms with Gasteiger partial charge >= 0.3 is 0 Å². The number of hydrogen-bond acceptors (Lipinski definition) is 7. The molecule has 8 nitrogen and oxygen atoms in total. The second-order valence-electron chi connectivity index (χ2n) is 5.80. The Balaban J connectivity index is 1.99. The van der Waals surface area contributed by atoms with E-state index in [0.29, 0.717) is 17.4 Å². The number of oxazole rings is 1. The molecule has 122 valence electrons. The Morgan fingerprint density at radius 2 is 2.08 bits per heavy atom. The lowest BCUT2D eigenvalue weighted by Crippen LogP contribution is -2.04. The van der Waals surface area contributed by atoms with Crippen LogP contribution in [0.1, 0.15) is 19.9 Å². The largest absolute Gasteiger partial charge is 0.424 e. The SMILES string of the molecule is CNc1nc2cc(-c3nn(C(C)C)c4ncnc(N)c34)ccc2o1. The molecule has 0 aliphatic heterocycles. The highest BCUT2D eigenvalue weighted by Crippen LogP contribution is 2.33. The molecule has 1 aromatic carbocycles. The van der Waals surface area contributed by atoms with Gasteiger partial charge in [-0.2, -0.15) is 10.1 Å². The third-order valence-electron chi connectivity index (χ3n) is 3.88. The second-order valence-corrected chi connectivity index (χ2v) is 5.80. The van der Waals surface area contributed by atoms with Gasteiger partial charge in [0.1, 0.15) is 23.4 Å². The summed E-state index contributed by atoms with van der Waals surface area (Å²) in [5.74, 6) is 0.415. The number of nitrogens with one attached hydrogen (secondary N) is 1. The summed E-state index contributed by atoms with van der Waals surface area (Å²) in [6.45, 7) is 4.10. The van der Waals surface area contributed by atoms with Crippen molar-refractivity contribution in [3.63, 3.8) is 0 Å². The summed E-state index contributed by atoms with van der Waals surface area (Å²) in [5.41, 5.74) is 9.92. The van der Waals surface area contributed by atoms with Crippen molar-refractivity contribution in [2.24, 2.45) is 0 Å². The van der Waals surface area contributed by atoms with Gasteiger partial charge in [-0.05, 0) is 32.0 Å². The summed E-state index contributed by atoms with van der Waals surface area (Å²) in [5, 5.41) is 8.36. The molecule has 24 heavy (non-hydrogen) atoms. The lowest BCUT2D eigenvalue weighted by molar-refractivity contribution is 0.548. The second kappa shape index (κ2) is 5.19. The molecule has 0 aliphatic rings.